The maximum atomic E-state index is 8.43. The van der Waals surface area contributed by atoms with Gasteiger partial charge in [-0.05, 0) is 23.4 Å². The van der Waals surface area contributed by atoms with Crippen LogP contribution >= 0.6 is 15.9 Å². The highest BCUT2D eigenvalue weighted by Crippen LogP contribution is 2.20. The Morgan fingerprint density at radius 2 is 2.44 bits per heavy atom. The summed E-state index contributed by atoms with van der Waals surface area (Å²) in [5.41, 5.74) is 0.771. The van der Waals surface area contributed by atoms with Crippen LogP contribution in [0.4, 0.5) is 0 Å². The molecular formula is C7H6BrN. The van der Waals surface area contributed by atoms with Gasteiger partial charge in [0.1, 0.15) is 0 Å². The van der Waals surface area contributed by atoms with Crippen molar-refractivity contribution in [3.05, 3.63) is 22.2 Å². The molecule has 0 spiro atoms. The summed E-state index contributed by atoms with van der Waals surface area (Å²) in [4.78, 5) is 0. The molecule has 0 unspecified atom stereocenters. The van der Waals surface area contributed by atoms with E-state index in [1.807, 2.05) is 12.2 Å². The Labute approximate surface area is 62.8 Å². The molecule has 0 radical (unpaired) electrons. The van der Waals surface area contributed by atoms with Gasteiger partial charge in [0.25, 0.3) is 0 Å². The van der Waals surface area contributed by atoms with Crippen LogP contribution in [-0.4, -0.2) is 0 Å². The SMILES string of the molecule is N#CC1=CCCC(Br)=C1. The fraction of sp³-hybridized carbons (Fsp3) is 0.286. The van der Waals surface area contributed by atoms with Gasteiger partial charge >= 0.3 is 0 Å². The van der Waals surface area contributed by atoms with E-state index < -0.39 is 0 Å². The molecule has 46 valence electrons. The van der Waals surface area contributed by atoms with Gasteiger partial charge < -0.3 is 0 Å². The zero-order chi connectivity index (χ0) is 6.69. The first kappa shape index (κ1) is 6.57. The van der Waals surface area contributed by atoms with Crippen LogP contribution in [0, 0.1) is 11.3 Å². The second kappa shape index (κ2) is 2.84. The highest BCUT2D eigenvalue weighted by molar-refractivity contribution is 9.11. The lowest BCUT2D eigenvalue weighted by Gasteiger charge is -2.01. The molecule has 0 aromatic rings. The molecule has 2 heteroatoms. The van der Waals surface area contributed by atoms with E-state index in [2.05, 4.69) is 22.0 Å². The van der Waals surface area contributed by atoms with Gasteiger partial charge in [-0.1, -0.05) is 22.0 Å². The number of rotatable bonds is 0. The number of allylic oxidation sites excluding steroid dienone is 4. The lowest BCUT2D eigenvalue weighted by atomic mass is 10.1. The topological polar surface area (TPSA) is 23.8 Å². The van der Waals surface area contributed by atoms with Crippen LogP contribution in [-0.2, 0) is 0 Å². The molecular weight excluding hydrogens is 178 g/mol. The van der Waals surface area contributed by atoms with Crippen molar-refractivity contribution in [2.75, 3.05) is 0 Å². The second-order valence-corrected chi connectivity index (χ2v) is 2.92. The molecule has 0 amide bonds. The predicted molar refractivity (Wildman–Crippen MR) is 39.9 cm³/mol. The molecule has 1 aliphatic rings. The maximum absolute atomic E-state index is 8.43. The van der Waals surface area contributed by atoms with Crippen LogP contribution in [0.1, 0.15) is 12.8 Å². The number of nitriles is 1. The minimum Gasteiger partial charge on any atom is -0.192 e. The van der Waals surface area contributed by atoms with Gasteiger partial charge in [-0.25, -0.2) is 0 Å². The quantitative estimate of drug-likeness (QED) is 0.567. The van der Waals surface area contributed by atoms with Crippen LogP contribution in [0.15, 0.2) is 22.2 Å². The van der Waals surface area contributed by atoms with E-state index in [1.54, 1.807) is 0 Å². The maximum Gasteiger partial charge on any atom is 0.0988 e. The average molecular weight is 184 g/mol. The molecule has 1 aliphatic carbocycles. The van der Waals surface area contributed by atoms with Gasteiger partial charge in [0.15, 0.2) is 0 Å². The lowest BCUT2D eigenvalue weighted by molar-refractivity contribution is 1.01. The zero-order valence-corrected chi connectivity index (χ0v) is 6.48. The molecule has 0 aromatic heterocycles. The van der Waals surface area contributed by atoms with Crippen molar-refractivity contribution in [3.8, 4) is 6.07 Å². The average Bonchev–Trinajstić information content (AvgIpc) is 1.88. The molecule has 0 heterocycles. The summed E-state index contributed by atoms with van der Waals surface area (Å²) in [5.74, 6) is 0. The first-order valence-corrected chi connectivity index (χ1v) is 3.58. The van der Waals surface area contributed by atoms with Crippen molar-refractivity contribution >= 4 is 15.9 Å². The summed E-state index contributed by atoms with van der Waals surface area (Å²) in [5, 5.41) is 8.43. The fourth-order valence-corrected chi connectivity index (χ4v) is 1.22. The molecule has 0 bridgehead atoms. The first-order valence-electron chi connectivity index (χ1n) is 2.79. The standard InChI is InChI=1S/C7H6BrN/c8-7-3-1-2-6(4-7)5-9/h2,4H,1,3H2. The third-order valence-corrected chi connectivity index (χ3v) is 1.81. The minimum atomic E-state index is 0.771. The number of hydrogen-bond acceptors (Lipinski definition) is 1. The van der Waals surface area contributed by atoms with Crippen LogP contribution in [0.5, 0.6) is 0 Å². The van der Waals surface area contributed by atoms with E-state index >= 15 is 0 Å². The lowest BCUT2D eigenvalue weighted by Crippen LogP contribution is -1.83. The van der Waals surface area contributed by atoms with E-state index in [1.165, 1.54) is 0 Å². The monoisotopic (exact) mass is 183 g/mol. The molecule has 0 N–H and O–H groups in total. The molecule has 0 aliphatic heterocycles. The van der Waals surface area contributed by atoms with Crippen molar-refractivity contribution in [2.45, 2.75) is 12.8 Å². The zero-order valence-electron chi connectivity index (χ0n) is 4.89. The molecule has 1 rings (SSSR count). The van der Waals surface area contributed by atoms with Crippen molar-refractivity contribution in [2.24, 2.45) is 0 Å². The summed E-state index contributed by atoms with van der Waals surface area (Å²) < 4.78 is 1.13. The fourth-order valence-electron chi connectivity index (χ4n) is 0.743. The molecule has 0 aromatic carbocycles. The normalized spacial score (nSPS) is 17.8. The number of halogens is 1. The first-order chi connectivity index (χ1) is 4.33. The van der Waals surface area contributed by atoms with E-state index in [0.717, 1.165) is 22.9 Å². The third-order valence-electron chi connectivity index (χ3n) is 1.19. The number of hydrogen-bond donors (Lipinski definition) is 0. The van der Waals surface area contributed by atoms with Crippen molar-refractivity contribution in [1.82, 2.24) is 0 Å². The number of nitrogens with zero attached hydrogens (tertiary/aromatic N) is 1. The summed E-state index contributed by atoms with van der Waals surface area (Å²) in [6.45, 7) is 0. The highest BCUT2D eigenvalue weighted by Gasteiger charge is 1.99. The largest absolute Gasteiger partial charge is 0.192 e. The summed E-state index contributed by atoms with van der Waals surface area (Å²) in [6.07, 6.45) is 5.83. The molecule has 0 atom stereocenters. The van der Waals surface area contributed by atoms with Gasteiger partial charge in [0.2, 0.25) is 0 Å². The van der Waals surface area contributed by atoms with Crippen molar-refractivity contribution < 1.29 is 0 Å². The Morgan fingerprint density at radius 1 is 1.67 bits per heavy atom. The Balaban J connectivity index is 2.78. The molecule has 0 saturated carbocycles. The summed E-state index contributed by atoms with van der Waals surface area (Å²) >= 11 is 3.34. The van der Waals surface area contributed by atoms with Gasteiger partial charge in [-0.3, -0.25) is 0 Å². The van der Waals surface area contributed by atoms with E-state index in [4.69, 9.17) is 5.26 Å². The minimum absolute atomic E-state index is 0.771. The third kappa shape index (κ3) is 1.69. The molecule has 1 nitrogen and oxygen atoms in total. The van der Waals surface area contributed by atoms with Gasteiger partial charge in [-0.15, -0.1) is 0 Å². The Kier molecular flexibility index (Phi) is 2.07. The van der Waals surface area contributed by atoms with Crippen LogP contribution in [0.25, 0.3) is 0 Å². The van der Waals surface area contributed by atoms with Crippen molar-refractivity contribution in [1.29, 1.82) is 5.26 Å². The van der Waals surface area contributed by atoms with E-state index in [0.29, 0.717) is 0 Å². The molecule has 0 fully saturated rings. The molecule has 9 heavy (non-hydrogen) atoms. The van der Waals surface area contributed by atoms with Crippen LogP contribution < -0.4 is 0 Å². The summed E-state index contributed by atoms with van der Waals surface area (Å²) in [6, 6.07) is 2.09. The summed E-state index contributed by atoms with van der Waals surface area (Å²) in [7, 11) is 0. The van der Waals surface area contributed by atoms with E-state index in [-0.39, 0.29) is 0 Å². The Hall–Kier alpha value is -0.550. The predicted octanol–water partition coefficient (Wildman–Crippen LogP) is 2.51. The van der Waals surface area contributed by atoms with Crippen molar-refractivity contribution in [3.63, 3.8) is 0 Å². The Bertz CT molecular complexity index is 207. The smallest absolute Gasteiger partial charge is 0.0988 e. The Morgan fingerprint density at radius 3 is 2.89 bits per heavy atom. The highest BCUT2D eigenvalue weighted by atomic mass is 79.9. The van der Waals surface area contributed by atoms with Crippen LogP contribution in [0.2, 0.25) is 0 Å². The molecule has 0 saturated heterocycles. The van der Waals surface area contributed by atoms with E-state index in [9.17, 15) is 0 Å². The van der Waals surface area contributed by atoms with Gasteiger partial charge in [0, 0.05) is 5.57 Å². The second-order valence-electron chi connectivity index (χ2n) is 1.90. The van der Waals surface area contributed by atoms with Crippen LogP contribution in [0.3, 0.4) is 0 Å². The van der Waals surface area contributed by atoms with Gasteiger partial charge in [-0.2, -0.15) is 5.26 Å². The van der Waals surface area contributed by atoms with Gasteiger partial charge in [0.05, 0.1) is 6.07 Å².